The van der Waals surface area contributed by atoms with Crippen LogP contribution in [0.2, 0.25) is 5.02 Å². The fourth-order valence-corrected chi connectivity index (χ4v) is 10.2. The molecule has 2 aromatic heterocycles. The van der Waals surface area contributed by atoms with Crippen LogP contribution in [0.15, 0.2) is 108 Å². The second-order valence-corrected chi connectivity index (χ2v) is 16.2. The van der Waals surface area contributed by atoms with Gasteiger partial charge in [-0.1, -0.05) is 71.8 Å². The number of fused-ring (bicyclic) bond motifs is 5. The van der Waals surface area contributed by atoms with Crippen molar-refractivity contribution in [1.29, 1.82) is 0 Å². The van der Waals surface area contributed by atoms with Crippen molar-refractivity contribution in [3.8, 4) is 0 Å². The molecule has 4 heterocycles. The van der Waals surface area contributed by atoms with Crippen molar-refractivity contribution in [1.82, 2.24) is 24.8 Å². The van der Waals surface area contributed by atoms with Gasteiger partial charge in [0.1, 0.15) is 0 Å². The molecule has 57 heavy (non-hydrogen) atoms. The van der Waals surface area contributed by atoms with Gasteiger partial charge in [0.2, 0.25) is 5.91 Å². The largest absolute Gasteiger partial charge is 0.389 e. The van der Waals surface area contributed by atoms with Crippen molar-refractivity contribution in [3.05, 3.63) is 146 Å². The maximum atomic E-state index is 14.1. The van der Waals surface area contributed by atoms with Gasteiger partial charge in [-0.2, -0.15) is 13.2 Å². The summed E-state index contributed by atoms with van der Waals surface area (Å²) >= 11 is 7.42. The Kier molecular flexibility index (Phi) is 9.93. The summed E-state index contributed by atoms with van der Waals surface area (Å²) in [5.74, 6) is -0.960. The molecule has 3 aromatic carbocycles. The minimum Gasteiger partial charge on any atom is -0.361 e. The molecule has 2 aliphatic carbocycles. The van der Waals surface area contributed by atoms with Gasteiger partial charge in [-0.3, -0.25) is 14.3 Å². The number of nitrogens with one attached hydrogen (secondary N) is 2. The van der Waals surface area contributed by atoms with Gasteiger partial charge in [0.15, 0.2) is 5.65 Å². The summed E-state index contributed by atoms with van der Waals surface area (Å²) in [7, 11) is 0. The topological polar surface area (TPSA) is 83.0 Å². The monoisotopic (exact) mass is 789 g/mol. The Bertz CT molecular complexity index is 2560. The summed E-state index contributed by atoms with van der Waals surface area (Å²) in [5, 5.41) is 6.04. The van der Waals surface area contributed by atoms with E-state index in [2.05, 4.69) is 45.6 Å². The summed E-state index contributed by atoms with van der Waals surface area (Å²) in [4.78, 5) is 35.8. The van der Waals surface area contributed by atoms with E-state index >= 15 is 0 Å². The van der Waals surface area contributed by atoms with Crippen LogP contribution in [0.3, 0.4) is 0 Å². The van der Waals surface area contributed by atoms with Gasteiger partial charge in [-0.25, -0.2) is 9.78 Å². The third-order valence-corrected chi connectivity index (χ3v) is 12.8. The van der Waals surface area contributed by atoms with Crippen LogP contribution in [0.25, 0.3) is 33.2 Å². The van der Waals surface area contributed by atoms with Gasteiger partial charge in [-0.15, -0.1) is 0 Å². The number of aryl methyl sites for hydroxylation is 1. The molecule has 0 radical (unpaired) electrons. The highest BCUT2D eigenvalue weighted by Crippen LogP contribution is 2.51. The lowest BCUT2D eigenvalue weighted by Gasteiger charge is -2.39. The van der Waals surface area contributed by atoms with Crippen LogP contribution in [-0.2, 0) is 17.6 Å². The number of piperidine rings is 1. The summed E-state index contributed by atoms with van der Waals surface area (Å²) in [6, 6.07) is 20.1. The molecule has 2 N–H and O–H groups in total. The molecule has 9 rings (SSSR count). The van der Waals surface area contributed by atoms with E-state index in [1.165, 1.54) is 0 Å². The van der Waals surface area contributed by atoms with Crippen molar-refractivity contribution in [2.75, 3.05) is 13.1 Å². The number of imidazole rings is 1. The zero-order chi connectivity index (χ0) is 39.3. The standard InChI is InChI=1S/C46H43ClF3N5O2/c47-43-31(22-28-8-3-1-4-9-28)25-38(39-10-5-2-6-18-51-39)36-15-13-34-35(42(36)43)14-12-33-30(23-29(24-37(33)34)27-46(48,49)50)26-41(56)54-20-16-32(17-21-54)55-40-11-7-19-52-44(40)53-45(55)57/h1-11,13,15,18-19,25,29-30,32,51H,12,14,16-17,20-24,26-27H2,(H,52,53,57). The number of aromatic amines is 1. The number of H-pyrrole nitrogens is 1. The molecular weight excluding hydrogens is 747 g/mol. The number of alkyl halides is 3. The van der Waals surface area contributed by atoms with Gasteiger partial charge >= 0.3 is 11.9 Å². The molecular formula is C46H43ClF3N5O2. The predicted octanol–water partition coefficient (Wildman–Crippen LogP) is 10.1. The average molecular weight is 790 g/mol. The van der Waals surface area contributed by atoms with Gasteiger partial charge in [0.25, 0.3) is 0 Å². The van der Waals surface area contributed by atoms with Crippen LogP contribution in [0.4, 0.5) is 13.2 Å². The van der Waals surface area contributed by atoms with Crippen molar-refractivity contribution in [2.45, 2.75) is 70.0 Å². The first-order valence-corrected chi connectivity index (χ1v) is 20.2. The number of halogens is 4. The molecule has 0 bridgehead atoms. The number of pyridine rings is 1. The van der Waals surface area contributed by atoms with Crippen molar-refractivity contribution in [3.63, 3.8) is 0 Å². The van der Waals surface area contributed by atoms with Crippen LogP contribution < -0.4 is 11.0 Å². The molecule has 2 atom stereocenters. The maximum Gasteiger partial charge on any atom is 0.389 e. The molecule has 1 fully saturated rings. The lowest BCUT2D eigenvalue weighted by atomic mass is 9.67. The van der Waals surface area contributed by atoms with Gasteiger partial charge in [0.05, 0.1) is 10.5 Å². The third kappa shape index (κ3) is 7.36. The van der Waals surface area contributed by atoms with Crippen LogP contribution >= 0.6 is 11.6 Å². The van der Waals surface area contributed by atoms with Crippen molar-refractivity contribution >= 4 is 50.7 Å². The van der Waals surface area contributed by atoms with E-state index in [0.29, 0.717) is 68.7 Å². The number of hydrogen-bond acceptors (Lipinski definition) is 4. The average Bonchev–Trinajstić information content (AvgIpc) is 3.32. The molecule has 5 aromatic rings. The second-order valence-electron chi connectivity index (χ2n) is 15.9. The van der Waals surface area contributed by atoms with Crippen LogP contribution in [0, 0.1) is 11.8 Å². The highest BCUT2D eigenvalue weighted by molar-refractivity contribution is 6.37. The number of allylic oxidation sites excluding steroid dienone is 6. The van der Waals surface area contributed by atoms with E-state index in [-0.39, 0.29) is 30.0 Å². The highest BCUT2D eigenvalue weighted by Gasteiger charge is 2.40. The zero-order valence-electron chi connectivity index (χ0n) is 31.4. The highest BCUT2D eigenvalue weighted by atomic mass is 35.5. The van der Waals surface area contributed by atoms with Crippen LogP contribution in [-0.4, -0.2) is 44.6 Å². The Morgan fingerprint density at radius 2 is 1.79 bits per heavy atom. The fourth-order valence-electron chi connectivity index (χ4n) is 9.85. The smallest absolute Gasteiger partial charge is 0.361 e. The number of aromatic nitrogens is 3. The lowest BCUT2D eigenvalue weighted by Crippen LogP contribution is -2.41. The van der Waals surface area contributed by atoms with Crippen LogP contribution in [0.5, 0.6) is 0 Å². The van der Waals surface area contributed by atoms with E-state index in [4.69, 9.17) is 11.6 Å². The molecule has 0 spiro atoms. The molecule has 7 nitrogen and oxygen atoms in total. The Hall–Kier alpha value is -5.35. The van der Waals surface area contributed by atoms with E-state index in [1.807, 2.05) is 59.7 Å². The molecule has 2 unspecified atom stereocenters. The number of amides is 1. The number of likely N-dealkylation sites (tertiary alicyclic amines) is 1. The summed E-state index contributed by atoms with van der Waals surface area (Å²) in [6.07, 6.45) is 10.3. The van der Waals surface area contributed by atoms with Crippen molar-refractivity contribution in [2.24, 2.45) is 11.8 Å². The van der Waals surface area contributed by atoms with Crippen molar-refractivity contribution < 1.29 is 18.0 Å². The molecule has 1 saturated heterocycles. The Morgan fingerprint density at radius 3 is 2.60 bits per heavy atom. The number of carbonyl (C=O) groups is 1. The molecule has 292 valence electrons. The van der Waals surface area contributed by atoms with E-state index in [0.717, 1.165) is 60.9 Å². The molecule has 0 saturated carbocycles. The molecule has 1 amide bonds. The van der Waals surface area contributed by atoms with E-state index in [9.17, 15) is 22.8 Å². The Labute approximate surface area is 333 Å². The maximum absolute atomic E-state index is 14.1. The number of benzene rings is 3. The first-order valence-electron chi connectivity index (χ1n) is 19.8. The number of hydrogen-bond donors (Lipinski definition) is 2. The van der Waals surface area contributed by atoms with Crippen LogP contribution in [0.1, 0.15) is 78.8 Å². The first-order chi connectivity index (χ1) is 27.6. The molecule has 2 aliphatic heterocycles. The second kappa shape index (κ2) is 15.2. The summed E-state index contributed by atoms with van der Waals surface area (Å²) in [5.41, 5.74) is 9.21. The number of carbonyl (C=O) groups excluding carboxylic acids is 1. The SMILES string of the molecule is O=C(CC1CC(CC(F)(F)F)CC2=C1CCc1c2ccc2c(C3=CC=CC=CN3)cc(Cc3ccccc3)c(Cl)c12)N1CCC(n2c(=O)[nH]c3ncccc32)CC1. The number of nitrogens with zero attached hydrogens (tertiary/aromatic N) is 3. The minimum absolute atomic E-state index is 0.0410. The summed E-state index contributed by atoms with van der Waals surface area (Å²) in [6.45, 7) is 0.955. The quantitative estimate of drug-likeness (QED) is 0.172. The normalized spacial score (nSPS) is 20.0. The molecule has 11 heteroatoms. The van der Waals surface area contributed by atoms with Gasteiger partial charge in [0, 0.05) is 61.0 Å². The van der Waals surface area contributed by atoms with E-state index in [1.54, 1.807) is 16.8 Å². The number of rotatable bonds is 7. The Morgan fingerprint density at radius 1 is 0.965 bits per heavy atom. The summed E-state index contributed by atoms with van der Waals surface area (Å²) < 4.78 is 44.0. The lowest BCUT2D eigenvalue weighted by molar-refractivity contribution is -0.145. The minimum atomic E-state index is -4.32. The van der Waals surface area contributed by atoms with Gasteiger partial charge in [-0.05, 0) is 120 Å². The zero-order valence-corrected chi connectivity index (χ0v) is 32.2. The first kappa shape index (κ1) is 37.2. The predicted molar refractivity (Wildman–Crippen MR) is 220 cm³/mol. The fraction of sp³-hybridized carbons (Fsp3) is 0.326. The van der Waals surface area contributed by atoms with E-state index < -0.39 is 18.5 Å². The Balaban J connectivity index is 1.05. The molecule has 4 aliphatic rings. The third-order valence-electron chi connectivity index (χ3n) is 12.3. The van der Waals surface area contributed by atoms with Gasteiger partial charge < -0.3 is 10.2 Å².